The molecule has 4 bridgehead atoms. The van der Waals surface area contributed by atoms with Crippen molar-refractivity contribution in [2.45, 2.75) is 589 Å². The molecule has 10 aliphatic heterocycles. The summed E-state index contributed by atoms with van der Waals surface area (Å²) in [6.45, 7) is 130. The van der Waals surface area contributed by atoms with Crippen LogP contribution in [0, 0.1) is 57.2 Å². The predicted octanol–water partition coefficient (Wildman–Crippen LogP) is 22.5. The number of amides is 2. The van der Waals surface area contributed by atoms with E-state index >= 15 is 0 Å². The van der Waals surface area contributed by atoms with E-state index in [1.54, 1.807) is 18.2 Å². The van der Waals surface area contributed by atoms with E-state index < -0.39 is 10.0 Å². The molecule has 11 unspecified atom stereocenters. The fourth-order valence-corrected chi connectivity index (χ4v) is 27.6. The van der Waals surface area contributed by atoms with E-state index in [4.69, 9.17) is 9.47 Å². The van der Waals surface area contributed by atoms with Crippen LogP contribution in [0.25, 0.3) is 0 Å². The highest BCUT2D eigenvalue weighted by molar-refractivity contribution is 7.88. The summed E-state index contributed by atoms with van der Waals surface area (Å²) in [6, 6.07) is 11.2. The van der Waals surface area contributed by atoms with Crippen molar-refractivity contribution in [3.8, 4) is 0 Å². The lowest BCUT2D eigenvalue weighted by atomic mass is 9.80. The molecule has 2 saturated carbocycles. The maximum Gasteiger partial charge on any atom is 0.221 e. The van der Waals surface area contributed by atoms with Gasteiger partial charge in [0.1, 0.15) is 12.5 Å². The topological polar surface area (TPSA) is 139 Å². The Hall–Kier alpha value is -1.75. The Kier molecular flexibility index (Phi) is 53.0. The van der Waals surface area contributed by atoms with Crippen LogP contribution in [0.3, 0.4) is 0 Å². The average Bonchev–Trinajstić information content (AvgIpc) is 1.61. The molecule has 10 heterocycles. The zero-order valence-electron chi connectivity index (χ0n) is 99.5. The second kappa shape index (κ2) is 55.3. The first-order chi connectivity index (χ1) is 61.5. The molecule has 0 aromatic rings. The normalized spacial score (nSPS) is 31.2. The van der Waals surface area contributed by atoms with Gasteiger partial charge in [-0.05, 0) is 303 Å². The molecule has 0 aromatic carbocycles. The lowest BCUT2D eigenvalue weighted by Gasteiger charge is -2.45. The summed E-state index contributed by atoms with van der Waals surface area (Å²) in [5, 5.41) is 0. The van der Waals surface area contributed by atoms with E-state index in [0.717, 1.165) is 49.5 Å². The molecule has 12 aliphatic rings. The zero-order chi connectivity index (χ0) is 105. The Labute approximate surface area is 847 Å². The van der Waals surface area contributed by atoms with Crippen LogP contribution in [0.4, 0.5) is 0 Å². The third kappa shape index (κ3) is 35.0. The van der Waals surface area contributed by atoms with Crippen LogP contribution < -0.4 is 0 Å². The fraction of sp³-hybridized carbons (Fsp3) is 0.982. The van der Waals surface area contributed by atoms with E-state index in [0.29, 0.717) is 170 Å². The van der Waals surface area contributed by atoms with Crippen molar-refractivity contribution in [2.24, 2.45) is 57.2 Å². The van der Waals surface area contributed by atoms with E-state index in [9.17, 15) is 18.0 Å². The van der Waals surface area contributed by atoms with Crippen molar-refractivity contribution in [1.29, 1.82) is 0 Å². The number of carbonyl (C=O) groups excluding carboxylic acids is 2. The van der Waals surface area contributed by atoms with Gasteiger partial charge < -0.3 is 19.3 Å². The Morgan fingerprint density at radius 2 is 0.713 bits per heavy atom. The quantitative estimate of drug-likeness (QED) is 0.121. The van der Waals surface area contributed by atoms with E-state index in [2.05, 4.69) is 424 Å². The minimum Gasteiger partial charge on any atom is -0.363 e. The molecule has 18 atom stereocenters. The summed E-state index contributed by atoms with van der Waals surface area (Å²) in [4.78, 5) is 61.0. The van der Waals surface area contributed by atoms with Gasteiger partial charge >= 0.3 is 0 Å². The summed E-state index contributed by atoms with van der Waals surface area (Å²) < 4.78 is 37.6. The maximum atomic E-state index is 11.9. The van der Waals surface area contributed by atoms with E-state index in [1.165, 1.54) is 84.0 Å². The number of fused-ring (bicyclic) bond motifs is 5. The minimum atomic E-state index is -3.14. The second-order valence-electron chi connectivity index (χ2n) is 52.6. The van der Waals surface area contributed by atoms with Crippen LogP contribution in [0.1, 0.15) is 413 Å². The summed E-state index contributed by atoms with van der Waals surface area (Å²) in [5.41, 5.74) is 0.448. The first kappa shape index (κ1) is 130. The fourth-order valence-electron chi connectivity index (χ4n) is 26.3. The molecule has 136 heavy (non-hydrogen) atoms. The Morgan fingerprint density at radius 3 is 1.07 bits per heavy atom. The molecule has 12 fully saturated rings. The molecule has 0 aromatic heterocycles. The lowest BCUT2D eigenvalue weighted by Crippen LogP contribution is -2.53. The zero-order valence-corrected chi connectivity index (χ0v) is 100. The van der Waals surface area contributed by atoms with Gasteiger partial charge in [0.05, 0.1) is 62.1 Å². The van der Waals surface area contributed by atoms with Crippen LogP contribution in [0.2, 0.25) is 0 Å². The number of sulfonamides is 1. The highest BCUT2D eigenvalue weighted by Gasteiger charge is 2.53. The molecule has 10 saturated heterocycles. The van der Waals surface area contributed by atoms with Crippen LogP contribution in [-0.2, 0) is 29.1 Å². The number of hydrogen-bond donors (Lipinski definition) is 0. The third-order valence-electron chi connectivity index (χ3n) is 30.4. The molecular weight excluding hydrogens is 1710 g/mol. The van der Waals surface area contributed by atoms with Crippen molar-refractivity contribution in [3.63, 3.8) is 0 Å². The van der Waals surface area contributed by atoms with Crippen LogP contribution in [0.15, 0.2) is 0 Å². The summed E-state index contributed by atoms with van der Waals surface area (Å²) in [7, 11) is -0.898. The number of likely N-dealkylation sites (N-methyl/N-ethyl adjacent to an activating group) is 2. The molecule has 0 radical (unpaired) electrons. The maximum absolute atomic E-state index is 11.9. The Balaban J connectivity index is 0.000000517. The van der Waals surface area contributed by atoms with E-state index in [-0.39, 0.29) is 60.0 Å². The van der Waals surface area contributed by atoms with Gasteiger partial charge in [-0.15, -0.1) is 0 Å². The van der Waals surface area contributed by atoms with Crippen molar-refractivity contribution >= 4 is 21.8 Å². The number of carbonyl (C=O) groups is 2. The Bertz CT molecular complexity index is 3420. The van der Waals surface area contributed by atoms with Gasteiger partial charge in [-0.3, -0.25) is 73.3 Å². The molecular formula is C113H236N16O6S. The first-order valence-corrected chi connectivity index (χ1v) is 57.1. The predicted molar refractivity (Wildman–Crippen MR) is 587 cm³/mol. The first-order valence-electron chi connectivity index (χ1n) is 55.2. The highest BCUT2D eigenvalue weighted by Crippen LogP contribution is 2.44. The summed E-state index contributed by atoms with van der Waals surface area (Å²) in [5.74, 6) is 4.61. The smallest absolute Gasteiger partial charge is 0.221 e. The molecule has 23 heteroatoms. The third-order valence-corrected chi connectivity index (χ3v) is 31.6. The van der Waals surface area contributed by atoms with Crippen molar-refractivity contribution < 1.29 is 27.5 Å². The van der Waals surface area contributed by atoms with Crippen LogP contribution in [0.5, 0.6) is 0 Å². The Morgan fingerprint density at radius 1 is 0.360 bits per heavy atom. The van der Waals surface area contributed by atoms with Crippen molar-refractivity contribution in [1.82, 2.24) is 77.8 Å². The molecule has 0 spiro atoms. The van der Waals surface area contributed by atoms with Gasteiger partial charge in [-0.1, -0.05) is 174 Å². The molecule has 22 nitrogen and oxygen atoms in total. The molecule has 12 rings (SSSR count). The summed E-state index contributed by atoms with van der Waals surface area (Å²) in [6.07, 6.45) is 13.4. The number of nitrogens with zero attached hydrogens (tertiary/aromatic N) is 16. The highest BCUT2D eigenvalue weighted by atomic mass is 32.2. The second-order valence-corrected chi connectivity index (χ2v) is 54.5. The van der Waals surface area contributed by atoms with Crippen LogP contribution >= 0.6 is 0 Å². The summed E-state index contributed by atoms with van der Waals surface area (Å²) >= 11 is 0. The van der Waals surface area contributed by atoms with Gasteiger partial charge in [0.25, 0.3) is 0 Å². The standard InChI is InChI=1S/2C13H26N2O.2C13H28N2.C12H26N2O2S.2C12H26N2.2C12H23NO.CH4/c1-9(2)15-10(3)8-14(11(4)16)12(15)13(5,6)7;1-9(2)14-8-10(3)15(11(4)16)12(14)13(5,6)7;1-9(2)13-14(10(3)4)8-12(7)15(13)11(5)6;1-7-8-14-9-12(6)15(11(4)5)13(14)10(2)3;1-9(2)14-10(3)8-13(17(7,15)16)11(14)12(4,5)6;1-9(2)14-10(3)8-13(7)11(14)12(4,5)6;1-7-13-8-11(6)14(10(4)5)12(13)9(2)3;1-8(2)12-13(9(3)4)11-5-10(6-11)7-14-12;1-8(2)12-13(9(3)4)10-5-6-11(7-10)14-12;/h2*9-10,12H,8H2,1-7H3;9-13H,8H2,1-7H3;10-13H,7-9H2,1-6H3;9-11H,8H2,1-7H3;9-11H,8H2,1-7H3;9-12H,7-8H2,1-6H3;2*8-12H,5-7H2,1-4H3;1H4/t2*10-,12?;2*12-,13?;2*10-,11?;11-,12?;;;/m0000000.../s1. The minimum absolute atomic E-state index is 0. The van der Waals surface area contributed by atoms with Crippen LogP contribution in [-0.4, -0.2) is 353 Å². The van der Waals surface area contributed by atoms with Gasteiger partial charge in [-0.25, -0.2) is 8.42 Å². The van der Waals surface area contributed by atoms with Gasteiger partial charge in [0.15, 0.2) is 0 Å². The molecule has 810 valence electrons. The molecule has 0 N–H and O–H groups in total. The largest absolute Gasteiger partial charge is 0.363 e. The number of ether oxygens (including phenoxy) is 2. The van der Waals surface area contributed by atoms with Gasteiger partial charge in [0, 0.05) is 174 Å². The molecule has 2 amide bonds. The molecule has 2 aliphatic carbocycles. The lowest BCUT2D eigenvalue weighted by molar-refractivity contribution is -0.169. The monoisotopic (exact) mass is 1950 g/mol. The van der Waals surface area contributed by atoms with Crippen molar-refractivity contribution in [3.05, 3.63) is 0 Å². The number of hydrogen-bond acceptors (Lipinski definition) is 19. The average molecular weight is 1950 g/mol. The van der Waals surface area contributed by atoms with Gasteiger partial charge in [0.2, 0.25) is 21.8 Å². The number of rotatable bonds is 19. The van der Waals surface area contributed by atoms with Gasteiger partial charge in [-0.2, -0.15) is 4.31 Å². The SMILES string of the molecule is C.CC(=O)N1C(C(C)(C)C)N(C(C)C)C[C@@H]1C.CC(=O)N1C[C@H](C)N(C(C)C)C1C(C)(C)C.CC(C)C1N(C(C)C)C[C@H](C)N1C(C)C.CC(C)C1OC2CCC(C2)N1C(C)C.CC(C)C1OCC2CC(C2)N1C(C)C.CC(C)N1C(C(C)(C)C)N(C)C[C@@H]1C.CC(C)N1C(C(C)(C)C)N(S(C)(=O)=O)C[C@@H]1C.CCCN1C[C@H](C)N(C(C)C)C1C(C)C.CCN1C[C@H](C)N(C(C)C)C1C(C)C. The van der Waals surface area contributed by atoms with Crippen molar-refractivity contribution in [2.75, 3.05) is 78.8 Å². The van der Waals surface area contributed by atoms with E-state index in [1.807, 2.05) is 9.80 Å².